The Labute approximate surface area is 157 Å². The predicted octanol–water partition coefficient (Wildman–Crippen LogP) is 5.20. The van der Waals surface area contributed by atoms with Gasteiger partial charge in [0.1, 0.15) is 0 Å². The fourth-order valence-corrected chi connectivity index (χ4v) is 4.15. The Kier molecular flexibility index (Phi) is 2.94. The van der Waals surface area contributed by atoms with Crippen molar-refractivity contribution in [3.8, 4) is 22.5 Å². The lowest BCUT2D eigenvalue weighted by atomic mass is 10.1. The zero-order chi connectivity index (χ0) is 17.8. The molecule has 126 valence electrons. The van der Waals surface area contributed by atoms with E-state index < -0.39 is 0 Å². The lowest BCUT2D eigenvalue weighted by molar-refractivity contribution is 1.26. The molecular weight excluding hydrogens is 330 g/mol. The van der Waals surface area contributed by atoms with Crippen molar-refractivity contribution in [1.29, 1.82) is 0 Å². The van der Waals surface area contributed by atoms with E-state index in [1.165, 1.54) is 22.3 Å². The molecule has 6 rings (SSSR count). The summed E-state index contributed by atoms with van der Waals surface area (Å²) in [5, 5.41) is 0. The number of nitrogens with zero attached hydrogens (tertiary/aromatic N) is 3. The molecule has 0 spiro atoms. The summed E-state index contributed by atoms with van der Waals surface area (Å²) < 4.78 is 0. The first-order valence-corrected chi connectivity index (χ1v) is 9.09. The summed E-state index contributed by atoms with van der Waals surface area (Å²) in [6, 6.07) is 23.2. The van der Waals surface area contributed by atoms with E-state index in [1.807, 2.05) is 24.5 Å². The number of aromatic nitrogens is 2. The number of fused-ring (bicyclic) bond motifs is 6. The van der Waals surface area contributed by atoms with Crippen LogP contribution in [0.4, 0.5) is 5.69 Å². The summed E-state index contributed by atoms with van der Waals surface area (Å²) in [7, 11) is 0. The first kappa shape index (κ1) is 14.6. The molecule has 4 aromatic rings. The van der Waals surface area contributed by atoms with Crippen LogP contribution in [0.3, 0.4) is 0 Å². The fraction of sp³-hybridized carbons (Fsp3) is 0.0417. The molecule has 2 aliphatic rings. The number of hydrogen-bond donors (Lipinski definition) is 0. The average Bonchev–Trinajstić information content (AvgIpc) is 3.25. The molecular formula is C24H15N3. The van der Waals surface area contributed by atoms with E-state index in [2.05, 4.69) is 64.6 Å². The molecule has 3 nitrogen and oxygen atoms in total. The van der Waals surface area contributed by atoms with Gasteiger partial charge in [-0.25, -0.2) is 4.99 Å². The number of rotatable bonds is 1. The minimum absolute atomic E-state index is 0.915. The highest BCUT2D eigenvalue weighted by molar-refractivity contribution is 6.23. The largest absolute Gasteiger partial charge is 0.254 e. The van der Waals surface area contributed by atoms with Crippen molar-refractivity contribution in [1.82, 2.24) is 9.97 Å². The van der Waals surface area contributed by atoms with Crippen LogP contribution < -0.4 is 0 Å². The smallest absolute Gasteiger partial charge is 0.0987 e. The number of aliphatic imine (C=N–C) groups is 1. The van der Waals surface area contributed by atoms with Crippen LogP contribution in [-0.2, 0) is 6.42 Å². The summed E-state index contributed by atoms with van der Waals surface area (Å²) in [4.78, 5) is 14.1. The Morgan fingerprint density at radius 1 is 0.630 bits per heavy atom. The third-order valence-electron chi connectivity index (χ3n) is 5.37. The van der Waals surface area contributed by atoms with Crippen LogP contribution in [0.15, 0.2) is 84.1 Å². The van der Waals surface area contributed by atoms with Crippen molar-refractivity contribution in [3.05, 3.63) is 101 Å². The normalized spacial score (nSPS) is 13.0. The highest BCUT2D eigenvalue weighted by Crippen LogP contribution is 2.40. The molecule has 2 aromatic heterocycles. The quantitative estimate of drug-likeness (QED) is 0.411. The lowest BCUT2D eigenvalue weighted by Gasteiger charge is -2.05. The van der Waals surface area contributed by atoms with Gasteiger partial charge in [-0.05, 0) is 65.1 Å². The first-order chi connectivity index (χ1) is 13.4. The molecule has 0 unspecified atom stereocenters. The van der Waals surface area contributed by atoms with E-state index in [1.54, 1.807) is 0 Å². The zero-order valence-electron chi connectivity index (χ0n) is 14.6. The van der Waals surface area contributed by atoms with Gasteiger partial charge in [-0.2, -0.15) is 0 Å². The maximum Gasteiger partial charge on any atom is 0.0987 e. The Morgan fingerprint density at radius 2 is 1.30 bits per heavy atom. The Hall–Kier alpha value is -3.59. The molecule has 2 aromatic carbocycles. The summed E-state index contributed by atoms with van der Waals surface area (Å²) in [5.41, 5.74) is 11.2. The molecule has 2 aliphatic carbocycles. The maximum atomic E-state index is 5.03. The predicted molar refractivity (Wildman–Crippen MR) is 107 cm³/mol. The minimum atomic E-state index is 0.915. The van der Waals surface area contributed by atoms with Gasteiger partial charge < -0.3 is 0 Å². The average molecular weight is 345 g/mol. The van der Waals surface area contributed by atoms with Crippen LogP contribution in [0.2, 0.25) is 0 Å². The van der Waals surface area contributed by atoms with Gasteiger partial charge in [0.15, 0.2) is 0 Å². The van der Waals surface area contributed by atoms with E-state index in [4.69, 9.17) is 4.99 Å². The van der Waals surface area contributed by atoms with Crippen molar-refractivity contribution in [3.63, 3.8) is 0 Å². The van der Waals surface area contributed by atoms with E-state index >= 15 is 0 Å². The third-order valence-corrected chi connectivity index (χ3v) is 5.37. The third kappa shape index (κ3) is 2.12. The van der Waals surface area contributed by atoms with Crippen LogP contribution in [0.1, 0.15) is 22.3 Å². The van der Waals surface area contributed by atoms with Gasteiger partial charge in [-0.15, -0.1) is 0 Å². The monoisotopic (exact) mass is 345 g/mol. The minimum Gasteiger partial charge on any atom is -0.254 e. The van der Waals surface area contributed by atoms with Gasteiger partial charge in [0.05, 0.1) is 22.8 Å². The molecule has 3 heteroatoms. The van der Waals surface area contributed by atoms with Crippen LogP contribution in [0.25, 0.3) is 22.5 Å². The second-order valence-corrected chi connectivity index (χ2v) is 6.93. The SMILES string of the molecule is c1ccc2c(c1)Cc1ccc(N=C3c4cccnc4-c4ncccc43)cc1-2. The van der Waals surface area contributed by atoms with Crippen LogP contribution in [0, 0.1) is 0 Å². The van der Waals surface area contributed by atoms with Gasteiger partial charge in [-0.1, -0.05) is 30.3 Å². The molecule has 0 radical (unpaired) electrons. The molecule has 0 saturated heterocycles. The topological polar surface area (TPSA) is 38.1 Å². The molecule has 0 amide bonds. The summed E-state index contributed by atoms with van der Waals surface area (Å²) in [6.07, 6.45) is 4.63. The highest BCUT2D eigenvalue weighted by Gasteiger charge is 2.27. The molecule has 0 aliphatic heterocycles. The Bertz CT molecular complexity index is 1210. The van der Waals surface area contributed by atoms with Crippen molar-refractivity contribution >= 4 is 11.4 Å². The van der Waals surface area contributed by atoms with E-state index in [0.717, 1.165) is 40.3 Å². The highest BCUT2D eigenvalue weighted by atomic mass is 14.8. The first-order valence-electron chi connectivity index (χ1n) is 9.09. The molecule has 0 atom stereocenters. The van der Waals surface area contributed by atoms with Crippen molar-refractivity contribution in [2.75, 3.05) is 0 Å². The number of hydrogen-bond acceptors (Lipinski definition) is 3. The second-order valence-electron chi connectivity index (χ2n) is 6.93. The molecule has 0 N–H and O–H groups in total. The summed E-state index contributed by atoms with van der Waals surface area (Å²) >= 11 is 0. The molecule has 0 saturated carbocycles. The number of benzene rings is 2. The fourth-order valence-electron chi connectivity index (χ4n) is 4.15. The second kappa shape index (κ2) is 5.45. The van der Waals surface area contributed by atoms with E-state index in [0.29, 0.717) is 0 Å². The number of pyridine rings is 2. The zero-order valence-corrected chi connectivity index (χ0v) is 14.6. The van der Waals surface area contributed by atoms with Crippen molar-refractivity contribution < 1.29 is 0 Å². The Balaban J connectivity index is 1.54. The molecule has 27 heavy (non-hydrogen) atoms. The van der Waals surface area contributed by atoms with Gasteiger partial charge in [-0.3, -0.25) is 9.97 Å². The van der Waals surface area contributed by atoms with Gasteiger partial charge >= 0.3 is 0 Å². The van der Waals surface area contributed by atoms with Crippen LogP contribution >= 0.6 is 0 Å². The standard InChI is InChI=1S/C24H15N3/c1-2-6-18-15(5-1)13-16-9-10-17(14-21(16)18)27-22-19-7-3-11-25-23(19)24-20(22)8-4-12-26-24/h1-12,14H,13H2. The summed E-state index contributed by atoms with van der Waals surface area (Å²) in [6.45, 7) is 0. The van der Waals surface area contributed by atoms with Crippen molar-refractivity contribution in [2.24, 2.45) is 4.99 Å². The van der Waals surface area contributed by atoms with E-state index in [9.17, 15) is 0 Å². The molecule has 2 heterocycles. The van der Waals surface area contributed by atoms with Gasteiger partial charge in [0.2, 0.25) is 0 Å². The van der Waals surface area contributed by atoms with Crippen molar-refractivity contribution in [2.45, 2.75) is 6.42 Å². The van der Waals surface area contributed by atoms with Gasteiger partial charge in [0.25, 0.3) is 0 Å². The van der Waals surface area contributed by atoms with E-state index in [-0.39, 0.29) is 0 Å². The lowest BCUT2D eigenvalue weighted by Crippen LogP contribution is -1.98. The van der Waals surface area contributed by atoms with Crippen LogP contribution in [-0.4, -0.2) is 15.7 Å². The van der Waals surface area contributed by atoms with Gasteiger partial charge in [0, 0.05) is 23.5 Å². The Morgan fingerprint density at radius 3 is 2.07 bits per heavy atom. The maximum absolute atomic E-state index is 5.03. The summed E-state index contributed by atoms with van der Waals surface area (Å²) in [5.74, 6) is 0. The van der Waals surface area contributed by atoms with Crippen LogP contribution in [0.5, 0.6) is 0 Å². The molecule has 0 fully saturated rings. The molecule has 0 bridgehead atoms.